The van der Waals surface area contributed by atoms with Crippen LogP contribution in [0.4, 0.5) is 5.69 Å². The van der Waals surface area contributed by atoms with Crippen molar-refractivity contribution in [3.8, 4) is 5.75 Å². The van der Waals surface area contributed by atoms with E-state index in [2.05, 4.69) is 23.7 Å². The highest BCUT2D eigenvalue weighted by Crippen LogP contribution is 2.34. The molecular weight excluding hydrogens is 538 g/mol. The van der Waals surface area contributed by atoms with Crippen molar-refractivity contribution in [2.75, 3.05) is 51.3 Å². The fraction of sp³-hybridized carbons (Fsp3) is 0.519. The van der Waals surface area contributed by atoms with E-state index in [1.54, 1.807) is 18.9 Å². The van der Waals surface area contributed by atoms with Crippen molar-refractivity contribution in [1.82, 2.24) is 18.8 Å². The smallest absolute Gasteiger partial charge is 0.263 e. The molecule has 39 heavy (non-hydrogen) atoms. The zero-order chi connectivity index (χ0) is 27.9. The number of methoxy groups -OCH3 is 1. The number of anilines is 1. The third-order valence-electron chi connectivity index (χ3n) is 7.59. The maximum absolute atomic E-state index is 13.9. The first kappa shape index (κ1) is 27.6. The molecule has 1 aromatic carbocycles. The van der Waals surface area contributed by atoms with Gasteiger partial charge in [-0.25, -0.2) is 13.4 Å². The molecule has 0 unspecified atom stereocenters. The quantitative estimate of drug-likeness (QED) is 0.447. The summed E-state index contributed by atoms with van der Waals surface area (Å²) in [4.78, 5) is 35.9. The van der Waals surface area contributed by atoms with Gasteiger partial charge in [0.15, 0.2) is 0 Å². The van der Waals surface area contributed by atoms with Gasteiger partial charge >= 0.3 is 0 Å². The number of likely N-dealkylation sites (tertiary alicyclic amines) is 1. The second kappa shape index (κ2) is 10.9. The van der Waals surface area contributed by atoms with Crippen LogP contribution in [0.15, 0.2) is 40.3 Å². The number of amides is 1. The Balaban J connectivity index is 1.40. The number of fused-ring (bicyclic) bond motifs is 1. The maximum atomic E-state index is 13.9. The van der Waals surface area contributed by atoms with Gasteiger partial charge in [-0.3, -0.25) is 14.2 Å². The Kier molecular flexibility index (Phi) is 7.71. The summed E-state index contributed by atoms with van der Waals surface area (Å²) in [6, 6.07) is 7.67. The van der Waals surface area contributed by atoms with E-state index in [9.17, 15) is 18.0 Å². The van der Waals surface area contributed by atoms with E-state index < -0.39 is 15.6 Å². The summed E-state index contributed by atoms with van der Waals surface area (Å²) in [5.41, 5.74) is 0.422. The van der Waals surface area contributed by atoms with Crippen LogP contribution in [0.25, 0.3) is 10.2 Å². The van der Waals surface area contributed by atoms with E-state index in [4.69, 9.17) is 4.74 Å². The van der Waals surface area contributed by atoms with Gasteiger partial charge in [0.25, 0.3) is 5.56 Å². The molecule has 210 valence electrons. The Morgan fingerprint density at radius 2 is 1.77 bits per heavy atom. The molecule has 2 saturated heterocycles. The van der Waals surface area contributed by atoms with Crippen molar-refractivity contribution >= 4 is 43.2 Å². The summed E-state index contributed by atoms with van der Waals surface area (Å²) in [5.74, 6) is 1.38. The number of nitrogens with zero attached hydrogens (tertiary/aromatic N) is 5. The number of hydrogen-bond acceptors (Lipinski definition) is 8. The lowest BCUT2D eigenvalue weighted by Gasteiger charge is -2.36. The fourth-order valence-electron chi connectivity index (χ4n) is 5.84. The minimum atomic E-state index is -3.96. The summed E-state index contributed by atoms with van der Waals surface area (Å²) in [6.45, 7) is 8.63. The van der Waals surface area contributed by atoms with E-state index in [0.717, 1.165) is 17.9 Å². The SMILES string of the molecule is COc1ccccc1N1CCN(S(=O)(=O)c2c(C)sc3ncn(CC(=O)N4C[C@H](C)C[C@@H](C)C4)c(=O)c23)CC1. The average molecular weight is 574 g/mol. The molecule has 0 radical (unpaired) electrons. The third-order valence-corrected chi connectivity index (χ3v) is 10.8. The van der Waals surface area contributed by atoms with E-state index >= 15 is 0 Å². The number of ether oxygens (including phenoxy) is 1. The minimum Gasteiger partial charge on any atom is -0.495 e. The first-order valence-corrected chi connectivity index (χ1v) is 15.5. The normalized spacial score (nSPS) is 20.9. The summed E-state index contributed by atoms with van der Waals surface area (Å²) < 4.78 is 35.9. The highest BCUT2D eigenvalue weighted by Gasteiger charge is 2.34. The maximum Gasteiger partial charge on any atom is 0.263 e. The van der Waals surface area contributed by atoms with Crippen LogP contribution in [0.5, 0.6) is 5.75 Å². The Hall–Kier alpha value is -2.96. The topological polar surface area (TPSA) is 105 Å². The summed E-state index contributed by atoms with van der Waals surface area (Å²) in [7, 11) is -2.35. The number of piperazine rings is 1. The Morgan fingerprint density at radius 3 is 2.44 bits per heavy atom. The second-order valence-electron chi connectivity index (χ2n) is 10.7. The number of sulfonamides is 1. The molecule has 12 heteroatoms. The van der Waals surface area contributed by atoms with Crippen LogP contribution < -0.4 is 15.2 Å². The minimum absolute atomic E-state index is 0.00718. The van der Waals surface area contributed by atoms with Gasteiger partial charge in [0, 0.05) is 44.1 Å². The Labute approximate surface area is 232 Å². The molecule has 10 nitrogen and oxygen atoms in total. The molecule has 4 heterocycles. The van der Waals surface area contributed by atoms with E-state index in [0.29, 0.717) is 47.7 Å². The van der Waals surface area contributed by atoms with Gasteiger partial charge in [0.1, 0.15) is 22.0 Å². The number of rotatable bonds is 6. The van der Waals surface area contributed by atoms with Crippen molar-refractivity contribution in [3.05, 3.63) is 45.8 Å². The lowest BCUT2D eigenvalue weighted by atomic mass is 9.92. The van der Waals surface area contributed by atoms with Crippen molar-refractivity contribution in [3.63, 3.8) is 0 Å². The Bertz CT molecular complexity index is 1530. The molecule has 2 aliphatic heterocycles. The van der Waals surface area contributed by atoms with Gasteiger partial charge in [-0.15, -0.1) is 11.3 Å². The molecule has 2 fully saturated rings. The highest BCUT2D eigenvalue weighted by atomic mass is 32.2. The van der Waals surface area contributed by atoms with Crippen LogP contribution in [0.3, 0.4) is 0 Å². The third kappa shape index (κ3) is 5.29. The van der Waals surface area contributed by atoms with Crippen LogP contribution in [0.1, 0.15) is 25.1 Å². The van der Waals surface area contributed by atoms with Crippen LogP contribution in [0, 0.1) is 18.8 Å². The average Bonchev–Trinajstić information content (AvgIpc) is 3.27. The number of carbonyl (C=O) groups excluding carboxylic acids is 1. The van der Waals surface area contributed by atoms with Gasteiger partial charge in [-0.05, 0) is 37.3 Å². The van der Waals surface area contributed by atoms with Crippen molar-refractivity contribution in [2.45, 2.75) is 38.6 Å². The number of para-hydroxylation sites is 2. The lowest BCUT2D eigenvalue weighted by molar-refractivity contribution is -0.134. The molecule has 2 aliphatic rings. The largest absolute Gasteiger partial charge is 0.495 e. The predicted octanol–water partition coefficient (Wildman–Crippen LogP) is 2.79. The van der Waals surface area contributed by atoms with Gasteiger partial charge in [-0.1, -0.05) is 26.0 Å². The summed E-state index contributed by atoms with van der Waals surface area (Å²) in [6.07, 6.45) is 2.43. The number of hydrogen-bond donors (Lipinski definition) is 0. The summed E-state index contributed by atoms with van der Waals surface area (Å²) >= 11 is 1.19. The monoisotopic (exact) mass is 573 g/mol. The van der Waals surface area contributed by atoms with Crippen LogP contribution in [-0.4, -0.2) is 79.5 Å². The number of thiophene rings is 1. The lowest BCUT2D eigenvalue weighted by Crippen LogP contribution is -2.49. The molecule has 2 atom stereocenters. The number of carbonyl (C=O) groups is 1. The van der Waals surface area contributed by atoms with Gasteiger partial charge in [-0.2, -0.15) is 4.31 Å². The zero-order valence-corrected chi connectivity index (χ0v) is 24.4. The van der Waals surface area contributed by atoms with Crippen molar-refractivity contribution in [2.24, 2.45) is 11.8 Å². The standard InChI is InChI=1S/C27H35N5O5S2/c1-18-13-19(2)15-30(14-18)23(33)16-31-17-28-26-24(27(31)34)25(20(3)38-26)39(35,36)32-11-9-29(10-12-32)21-7-5-6-8-22(21)37-4/h5-8,17-19H,9-16H2,1-4H3/t18-,19-/m1/s1. The molecule has 0 bridgehead atoms. The molecule has 0 spiro atoms. The molecule has 0 aliphatic carbocycles. The molecule has 2 aromatic heterocycles. The number of aromatic nitrogens is 2. The number of benzene rings is 1. The molecule has 1 amide bonds. The molecule has 5 rings (SSSR count). The highest BCUT2D eigenvalue weighted by molar-refractivity contribution is 7.89. The van der Waals surface area contributed by atoms with Gasteiger partial charge in [0.05, 0.1) is 24.5 Å². The zero-order valence-electron chi connectivity index (χ0n) is 22.8. The van der Waals surface area contributed by atoms with Crippen LogP contribution in [-0.2, 0) is 21.4 Å². The van der Waals surface area contributed by atoms with Gasteiger partial charge < -0.3 is 14.5 Å². The predicted molar refractivity (Wildman–Crippen MR) is 152 cm³/mol. The molecule has 3 aromatic rings. The molecular formula is C27H35N5O5S2. The van der Waals surface area contributed by atoms with Crippen molar-refractivity contribution in [1.29, 1.82) is 0 Å². The second-order valence-corrected chi connectivity index (χ2v) is 13.7. The first-order chi connectivity index (χ1) is 18.6. The van der Waals surface area contributed by atoms with E-state index in [1.807, 2.05) is 24.3 Å². The number of piperidine rings is 1. The summed E-state index contributed by atoms with van der Waals surface area (Å²) in [5, 5.41) is 0.0698. The van der Waals surface area contributed by atoms with Gasteiger partial charge in [0.2, 0.25) is 15.9 Å². The van der Waals surface area contributed by atoms with Crippen LogP contribution >= 0.6 is 11.3 Å². The van der Waals surface area contributed by atoms with E-state index in [1.165, 1.54) is 26.5 Å². The number of aryl methyl sites for hydroxylation is 1. The fourth-order valence-corrected chi connectivity index (χ4v) is 8.93. The van der Waals surface area contributed by atoms with Crippen molar-refractivity contribution < 1.29 is 17.9 Å². The molecule has 0 N–H and O–H groups in total. The molecule has 0 saturated carbocycles. The van der Waals surface area contributed by atoms with Crippen LogP contribution in [0.2, 0.25) is 0 Å². The Morgan fingerprint density at radius 1 is 1.10 bits per heavy atom. The first-order valence-electron chi connectivity index (χ1n) is 13.2. The van der Waals surface area contributed by atoms with E-state index in [-0.39, 0.29) is 35.8 Å².